The van der Waals surface area contributed by atoms with Crippen LogP contribution >= 0.6 is 12.6 Å². The first-order valence-corrected chi connectivity index (χ1v) is 3.84. The Morgan fingerprint density at radius 3 is 1.82 bits per heavy atom. The normalized spacial score (nSPS) is 9.45. The Balaban J connectivity index is 3.76. The van der Waals surface area contributed by atoms with Gasteiger partial charge in [0.25, 0.3) is 0 Å². The van der Waals surface area contributed by atoms with Gasteiger partial charge in [-0.25, -0.2) is 0 Å². The molecule has 0 atom stereocenters. The van der Waals surface area contributed by atoms with E-state index >= 15 is 0 Å². The lowest BCUT2D eigenvalue weighted by Gasteiger charge is -2.15. The van der Waals surface area contributed by atoms with Gasteiger partial charge in [-0.1, -0.05) is 0 Å². The smallest absolute Gasteiger partial charge is 0.218 e. The lowest BCUT2D eigenvalue weighted by Crippen LogP contribution is -2.47. The third-order valence-electron chi connectivity index (χ3n) is 0.938. The Bertz CT molecular complexity index is 145. The van der Waals surface area contributed by atoms with Crippen molar-refractivity contribution in [2.45, 2.75) is 20.0 Å². The maximum absolute atomic E-state index is 10.5. The SMILES string of the molecule is CC(=O)NC(CS)NC(C)=O. The predicted molar refractivity (Wildman–Crippen MR) is 45.3 cm³/mol. The van der Waals surface area contributed by atoms with E-state index in [0.717, 1.165) is 0 Å². The van der Waals surface area contributed by atoms with Gasteiger partial charge in [-0.3, -0.25) is 9.59 Å². The summed E-state index contributed by atoms with van der Waals surface area (Å²) in [7, 11) is 0. The van der Waals surface area contributed by atoms with Gasteiger partial charge in [0.05, 0.1) is 0 Å². The molecule has 0 radical (unpaired) electrons. The van der Waals surface area contributed by atoms with Gasteiger partial charge < -0.3 is 10.6 Å². The van der Waals surface area contributed by atoms with Crippen LogP contribution in [-0.4, -0.2) is 23.7 Å². The van der Waals surface area contributed by atoms with Crippen LogP contribution in [0.4, 0.5) is 0 Å². The van der Waals surface area contributed by atoms with Gasteiger partial charge >= 0.3 is 0 Å². The summed E-state index contributed by atoms with van der Waals surface area (Å²) in [4.78, 5) is 21.0. The van der Waals surface area contributed by atoms with Gasteiger partial charge in [-0.15, -0.1) is 0 Å². The highest BCUT2D eigenvalue weighted by Crippen LogP contribution is 1.82. The van der Waals surface area contributed by atoms with Crippen molar-refractivity contribution >= 4 is 24.4 Å². The van der Waals surface area contributed by atoms with Gasteiger partial charge in [0.1, 0.15) is 6.17 Å². The fourth-order valence-corrected chi connectivity index (χ4v) is 0.801. The van der Waals surface area contributed by atoms with Gasteiger partial charge in [0.2, 0.25) is 11.8 Å². The van der Waals surface area contributed by atoms with Crippen molar-refractivity contribution in [3.05, 3.63) is 0 Å². The number of hydrogen-bond donors (Lipinski definition) is 3. The molecule has 0 fully saturated rings. The van der Waals surface area contributed by atoms with Crippen molar-refractivity contribution in [2.75, 3.05) is 5.75 Å². The minimum Gasteiger partial charge on any atom is -0.336 e. The molecule has 0 saturated carbocycles. The molecular formula is C6H12N2O2S. The highest BCUT2D eigenvalue weighted by molar-refractivity contribution is 7.80. The number of hydrogen-bond acceptors (Lipinski definition) is 3. The van der Waals surface area contributed by atoms with Crippen molar-refractivity contribution < 1.29 is 9.59 Å². The molecule has 0 spiro atoms. The zero-order valence-corrected chi connectivity index (χ0v) is 7.44. The van der Waals surface area contributed by atoms with Crippen molar-refractivity contribution in [1.29, 1.82) is 0 Å². The largest absolute Gasteiger partial charge is 0.336 e. The Kier molecular flexibility index (Phi) is 4.69. The van der Waals surface area contributed by atoms with Crippen LogP contribution in [0.25, 0.3) is 0 Å². The average molecular weight is 176 g/mol. The van der Waals surface area contributed by atoms with E-state index < -0.39 is 0 Å². The summed E-state index contributed by atoms with van der Waals surface area (Å²) in [5.74, 6) is 0.0229. The zero-order chi connectivity index (χ0) is 8.85. The Hall–Kier alpha value is -0.710. The molecule has 0 unspecified atom stereocenters. The summed E-state index contributed by atoms with van der Waals surface area (Å²) in [6, 6.07) is 0. The van der Waals surface area contributed by atoms with E-state index in [-0.39, 0.29) is 18.0 Å². The lowest BCUT2D eigenvalue weighted by atomic mass is 10.5. The summed E-state index contributed by atoms with van der Waals surface area (Å²) >= 11 is 3.94. The number of carbonyl (C=O) groups excluding carboxylic acids is 2. The van der Waals surface area contributed by atoms with Crippen LogP contribution in [0, 0.1) is 0 Å². The van der Waals surface area contributed by atoms with Gasteiger partial charge in [-0.05, 0) is 0 Å². The Morgan fingerprint density at radius 2 is 1.64 bits per heavy atom. The van der Waals surface area contributed by atoms with Crippen LogP contribution in [0.2, 0.25) is 0 Å². The second-order valence-corrected chi connectivity index (χ2v) is 2.50. The molecule has 0 rings (SSSR count). The van der Waals surface area contributed by atoms with Crippen molar-refractivity contribution in [3.8, 4) is 0 Å². The summed E-state index contributed by atoms with van der Waals surface area (Å²) in [6.07, 6.45) is -0.367. The van der Waals surface area contributed by atoms with Crippen LogP contribution in [0.1, 0.15) is 13.8 Å². The zero-order valence-electron chi connectivity index (χ0n) is 6.55. The molecule has 5 heteroatoms. The topological polar surface area (TPSA) is 58.2 Å². The number of carbonyl (C=O) groups is 2. The molecule has 0 saturated heterocycles. The first-order valence-electron chi connectivity index (χ1n) is 3.21. The van der Waals surface area contributed by atoms with E-state index in [1.165, 1.54) is 13.8 Å². The molecule has 11 heavy (non-hydrogen) atoms. The molecule has 64 valence electrons. The van der Waals surface area contributed by atoms with Crippen LogP contribution < -0.4 is 10.6 Å². The van der Waals surface area contributed by atoms with E-state index in [1.807, 2.05) is 0 Å². The molecule has 4 nitrogen and oxygen atoms in total. The third-order valence-corrected chi connectivity index (χ3v) is 1.30. The number of amides is 2. The first kappa shape index (κ1) is 10.3. The Labute approximate surface area is 71.1 Å². The van der Waals surface area contributed by atoms with E-state index in [2.05, 4.69) is 23.3 Å². The van der Waals surface area contributed by atoms with E-state index in [0.29, 0.717) is 5.75 Å². The molecule has 2 N–H and O–H groups in total. The first-order chi connectivity index (χ1) is 5.06. The van der Waals surface area contributed by atoms with Crippen LogP contribution in [-0.2, 0) is 9.59 Å². The monoisotopic (exact) mass is 176 g/mol. The van der Waals surface area contributed by atoms with Gasteiger partial charge in [-0.2, -0.15) is 12.6 Å². The molecule has 0 aromatic carbocycles. The summed E-state index contributed by atoms with van der Waals surface area (Å²) in [6.45, 7) is 2.77. The molecule has 0 heterocycles. The summed E-state index contributed by atoms with van der Waals surface area (Å²) in [5, 5.41) is 5.03. The second-order valence-electron chi connectivity index (χ2n) is 2.14. The molecule has 2 amide bonds. The highest BCUT2D eigenvalue weighted by Gasteiger charge is 2.07. The summed E-state index contributed by atoms with van der Waals surface area (Å²) in [5.41, 5.74) is 0. The van der Waals surface area contributed by atoms with E-state index in [1.54, 1.807) is 0 Å². The minimum absolute atomic E-state index is 0.183. The predicted octanol–water partition coefficient (Wildman–Crippen LogP) is -0.486. The Morgan fingerprint density at radius 1 is 1.27 bits per heavy atom. The lowest BCUT2D eigenvalue weighted by molar-refractivity contribution is -0.121. The quantitative estimate of drug-likeness (QED) is 0.401. The van der Waals surface area contributed by atoms with Crippen LogP contribution in [0.15, 0.2) is 0 Å². The minimum atomic E-state index is -0.367. The second kappa shape index (κ2) is 5.01. The van der Waals surface area contributed by atoms with Crippen LogP contribution in [0.5, 0.6) is 0 Å². The number of rotatable bonds is 3. The number of nitrogens with one attached hydrogen (secondary N) is 2. The molecule has 0 aliphatic carbocycles. The maximum Gasteiger partial charge on any atom is 0.218 e. The van der Waals surface area contributed by atoms with Crippen LogP contribution in [0.3, 0.4) is 0 Å². The standard InChI is InChI=1S/C6H12N2O2S/c1-4(9)7-6(3-11)8-5(2)10/h6,11H,3H2,1-2H3,(H,7,9)(H,8,10). The molecule has 0 bridgehead atoms. The molecule has 0 aliphatic heterocycles. The maximum atomic E-state index is 10.5. The fraction of sp³-hybridized carbons (Fsp3) is 0.667. The molecule has 0 aromatic heterocycles. The van der Waals surface area contributed by atoms with Gasteiger partial charge in [0.15, 0.2) is 0 Å². The molecular weight excluding hydrogens is 164 g/mol. The number of thiol groups is 1. The molecule has 0 aliphatic rings. The third kappa shape index (κ3) is 5.72. The van der Waals surface area contributed by atoms with E-state index in [4.69, 9.17) is 0 Å². The van der Waals surface area contributed by atoms with Crippen molar-refractivity contribution in [1.82, 2.24) is 10.6 Å². The molecule has 0 aromatic rings. The fourth-order valence-electron chi connectivity index (χ4n) is 0.618. The van der Waals surface area contributed by atoms with Crippen molar-refractivity contribution in [3.63, 3.8) is 0 Å². The average Bonchev–Trinajstić information content (AvgIpc) is 1.84. The summed E-state index contributed by atoms with van der Waals surface area (Å²) < 4.78 is 0. The van der Waals surface area contributed by atoms with E-state index in [9.17, 15) is 9.59 Å². The van der Waals surface area contributed by atoms with Gasteiger partial charge in [0, 0.05) is 19.6 Å². The highest BCUT2D eigenvalue weighted by atomic mass is 32.1. The van der Waals surface area contributed by atoms with Crippen molar-refractivity contribution in [2.24, 2.45) is 0 Å².